The molecule has 0 saturated heterocycles. The average Bonchev–Trinajstić information content (AvgIpc) is 2.61. The van der Waals surface area contributed by atoms with Crippen LogP contribution in [0.3, 0.4) is 0 Å². The number of hydrogen-bond acceptors (Lipinski definition) is 5. The molecule has 1 amide bonds. The van der Waals surface area contributed by atoms with Crippen LogP contribution in [0.1, 0.15) is 5.56 Å². The molecule has 0 saturated carbocycles. The van der Waals surface area contributed by atoms with Gasteiger partial charge in [-0.25, -0.2) is 0 Å². The Morgan fingerprint density at radius 2 is 1.38 bits per heavy atom. The van der Waals surface area contributed by atoms with Gasteiger partial charge in [0, 0.05) is 11.8 Å². The van der Waals surface area contributed by atoms with E-state index in [0.717, 1.165) is 11.3 Å². The molecule has 6 nitrogen and oxygen atoms in total. The number of ether oxygens (including phenoxy) is 4. The van der Waals surface area contributed by atoms with Gasteiger partial charge in [-0.15, -0.1) is 0 Å². The Morgan fingerprint density at radius 1 is 0.792 bits per heavy atom. The maximum Gasteiger partial charge on any atom is 0.228 e. The van der Waals surface area contributed by atoms with Crippen molar-refractivity contribution in [3.05, 3.63) is 42.0 Å². The summed E-state index contributed by atoms with van der Waals surface area (Å²) in [6.07, 6.45) is 0.255. The lowest BCUT2D eigenvalue weighted by atomic mass is 10.1. The first-order valence-corrected chi connectivity index (χ1v) is 7.86. The zero-order chi connectivity index (χ0) is 16.4. The fraction of sp³-hybridized carbons (Fsp3) is 0.278. The molecule has 0 spiro atoms. The Kier molecular flexibility index (Phi) is 3.86. The number of hydrogen-bond donors (Lipinski definition) is 1. The summed E-state index contributed by atoms with van der Waals surface area (Å²) in [5, 5.41) is 2.87. The van der Waals surface area contributed by atoms with Crippen LogP contribution in [0.4, 0.5) is 5.69 Å². The zero-order valence-corrected chi connectivity index (χ0v) is 13.0. The Morgan fingerprint density at radius 3 is 2.08 bits per heavy atom. The number of carbonyl (C=O) groups is 1. The van der Waals surface area contributed by atoms with Crippen molar-refractivity contribution in [2.24, 2.45) is 0 Å². The average molecular weight is 327 g/mol. The number of anilines is 1. The highest BCUT2D eigenvalue weighted by Crippen LogP contribution is 2.33. The first-order valence-electron chi connectivity index (χ1n) is 7.86. The molecule has 2 heterocycles. The molecule has 0 aromatic heterocycles. The molecule has 0 aliphatic carbocycles. The Hall–Kier alpha value is -2.89. The van der Waals surface area contributed by atoms with Crippen molar-refractivity contribution in [1.82, 2.24) is 0 Å². The van der Waals surface area contributed by atoms with Crippen LogP contribution in [-0.4, -0.2) is 32.3 Å². The lowest BCUT2D eigenvalue weighted by Crippen LogP contribution is -2.18. The predicted molar refractivity (Wildman–Crippen MR) is 87.2 cm³/mol. The van der Waals surface area contributed by atoms with Gasteiger partial charge in [0.1, 0.15) is 26.4 Å². The largest absolute Gasteiger partial charge is 0.486 e. The summed E-state index contributed by atoms with van der Waals surface area (Å²) >= 11 is 0. The maximum atomic E-state index is 12.3. The first-order chi connectivity index (χ1) is 11.8. The van der Waals surface area contributed by atoms with Gasteiger partial charge in [0.05, 0.1) is 6.42 Å². The molecule has 2 aliphatic rings. The summed E-state index contributed by atoms with van der Waals surface area (Å²) in [4.78, 5) is 12.3. The molecule has 0 bridgehead atoms. The number of rotatable bonds is 3. The molecule has 2 aliphatic heterocycles. The van der Waals surface area contributed by atoms with Crippen LogP contribution in [0, 0.1) is 0 Å². The topological polar surface area (TPSA) is 66.0 Å². The van der Waals surface area contributed by atoms with Crippen molar-refractivity contribution in [3.63, 3.8) is 0 Å². The predicted octanol–water partition coefficient (Wildman–Crippen LogP) is 2.41. The van der Waals surface area contributed by atoms with E-state index in [9.17, 15) is 4.79 Å². The van der Waals surface area contributed by atoms with E-state index in [1.165, 1.54) is 0 Å². The molecule has 0 radical (unpaired) electrons. The summed E-state index contributed by atoms with van der Waals surface area (Å²) in [6.45, 7) is 2.14. The Labute approximate surface area is 139 Å². The molecule has 6 heteroatoms. The molecule has 0 fully saturated rings. The van der Waals surface area contributed by atoms with E-state index >= 15 is 0 Å². The highest BCUT2D eigenvalue weighted by Gasteiger charge is 2.15. The van der Waals surface area contributed by atoms with Crippen molar-refractivity contribution in [1.29, 1.82) is 0 Å². The minimum Gasteiger partial charge on any atom is -0.486 e. The number of carbonyl (C=O) groups excluding carboxylic acids is 1. The quantitative estimate of drug-likeness (QED) is 0.938. The number of amides is 1. The Balaban J connectivity index is 1.43. The second-order valence-corrected chi connectivity index (χ2v) is 5.56. The van der Waals surface area contributed by atoms with Crippen LogP contribution in [-0.2, 0) is 11.2 Å². The smallest absolute Gasteiger partial charge is 0.228 e. The van der Waals surface area contributed by atoms with E-state index in [1.807, 2.05) is 18.2 Å². The van der Waals surface area contributed by atoms with Crippen molar-refractivity contribution >= 4 is 11.6 Å². The molecule has 4 rings (SSSR count). The molecular formula is C18H17NO5. The van der Waals surface area contributed by atoms with Crippen molar-refractivity contribution in [3.8, 4) is 23.0 Å². The number of benzene rings is 2. The van der Waals surface area contributed by atoms with E-state index in [-0.39, 0.29) is 12.3 Å². The number of fused-ring (bicyclic) bond motifs is 2. The third kappa shape index (κ3) is 3.08. The van der Waals surface area contributed by atoms with Crippen LogP contribution in [0.2, 0.25) is 0 Å². The second-order valence-electron chi connectivity index (χ2n) is 5.56. The van der Waals surface area contributed by atoms with Gasteiger partial charge in [-0.2, -0.15) is 0 Å². The summed E-state index contributed by atoms with van der Waals surface area (Å²) in [6, 6.07) is 10.9. The molecule has 124 valence electrons. The van der Waals surface area contributed by atoms with Crippen molar-refractivity contribution < 1.29 is 23.7 Å². The van der Waals surface area contributed by atoms with Crippen LogP contribution in [0.15, 0.2) is 36.4 Å². The first kappa shape index (κ1) is 14.7. The van der Waals surface area contributed by atoms with Gasteiger partial charge in [0.15, 0.2) is 23.0 Å². The Bertz CT molecular complexity index is 710. The van der Waals surface area contributed by atoms with E-state index in [4.69, 9.17) is 18.9 Å². The van der Waals surface area contributed by atoms with Gasteiger partial charge >= 0.3 is 0 Å². The fourth-order valence-electron chi connectivity index (χ4n) is 2.71. The van der Waals surface area contributed by atoms with E-state index in [2.05, 4.69) is 5.32 Å². The highest BCUT2D eigenvalue weighted by molar-refractivity contribution is 5.92. The molecule has 2 aromatic carbocycles. The van der Waals surface area contributed by atoms with Gasteiger partial charge in [-0.1, -0.05) is 6.07 Å². The van der Waals surface area contributed by atoms with Gasteiger partial charge in [-0.3, -0.25) is 4.79 Å². The van der Waals surface area contributed by atoms with Gasteiger partial charge in [-0.05, 0) is 29.8 Å². The molecular weight excluding hydrogens is 310 g/mol. The molecule has 0 atom stereocenters. The summed E-state index contributed by atoms with van der Waals surface area (Å²) in [5.74, 6) is 2.65. The fourth-order valence-corrected chi connectivity index (χ4v) is 2.71. The van der Waals surface area contributed by atoms with Gasteiger partial charge in [0.25, 0.3) is 0 Å². The maximum absolute atomic E-state index is 12.3. The van der Waals surface area contributed by atoms with Crippen LogP contribution in [0.5, 0.6) is 23.0 Å². The van der Waals surface area contributed by atoms with Crippen molar-refractivity contribution in [2.75, 3.05) is 31.7 Å². The monoisotopic (exact) mass is 327 g/mol. The van der Waals surface area contributed by atoms with Gasteiger partial charge < -0.3 is 24.3 Å². The third-order valence-electron chi connectivity index (χ3n) is 3.80. The van der Waals surface area contributed by atoms with E-state index in [0.29, 0.717) is 49.4 Å². The molecule has 1 N–H and O–H groups in total. The summed E-state index contributed by atoms with van der Waals surface area (Å²) in [5.41, 5.74) is 1.55. The third-order valence-corrected chi connectivity index (χ3v) is 3.80. The van der Waals surface area contributed by atoms with Crippen LogP contribution >= 0.6 is 0 Å². The van der Waals surface area contributed by atoms with Crippen LogP contribution in [0.25, 0.3) is 0 Å². The molecule has 0 unspecified atom stereocenters. The van der Waals surface area contributed by atoms with Gasteiger partial charge in [0.2, 0.25) is 5.91 Å². The minimum atomic E-state index is -0.108. The standard InChI is InChI=1S/C18H17NO5/c20-18(10-12-1-3-14-16(9-12)23-7-5-21-14)19-13-2-4-15-17(11-13)24-8-6-22-15/h1-4,9,11H,5-8,10H2,(H,19,20). The second kappa shape index (κ2) is 6.31. The highest BCUT2D eigenvalue weighted by atomic mass is 16.6. The molecule has 24 heavy (non-hydrogen) atoms. The normalized spacial score (nSPS) is 14.8. The lowest BCUT2D eigenvalue weighted by molar-refractivity contribution is -0.115. The zero-order valence-electron chi connectivity index (χ0n) is 13.0. The van der Waals surface area contributed by atoms with Crippen LogP contribution < -0.4 is 24.3 Å². The summed E-state index contributed by atoms with van der Waals surface area (Å²) in [7, 11) is 0. The summed E-state index contributed by atoms with van der Waals surface area (Å²) < 4.78 is 22.0. The number of nitrogens with one attached hydrogen (secondary N) is 1. The van der Waals surface area contributed by atoms with Crippen molar-refractivity contribution in [2.45, 2.75) is 6.42 Å². The van der Waals surface area contributed by atoms with E-state index in [1.54, 1.807) is 18.2 Å². The SMILES string of the molecule is O=C(Cc1ccc2c(c1)OCCO2)Nc1ccc2c(c1)OCCO2. The minimum absolute atomic E-state index is 0.108. The van der Waals surface area contributed by atoms with E-state index < -0.39 is 0 Å². The lowest BCUT2D eigenvalue weighted by Gasteiger charge is -2.19. The molecule has 2 aromatic rings.